The van der Waals surface area contributed by atoms with Crippen LogP contribution >= 0.6 is 22.6 Å². The van der Waals surface area contributed by atoms with E-state index in [1.807, 2.05) is 6.92 Å². The second kappa shape index (κ2) is 11.1. The minimum Gasteiger partial charge on any atom is -0.450 e. The lowest BCUT2D eigenvalue weighted by atomic mass is 10.2. The van der Waals surface area contributed by atoms with Gasteiger partial charge < -0.3 is 20.1 Å². The van der Waals surface area contributed by atoms with E-state index in [0.717, 1.165) is 12.8 Å². The number of carbonyl (C=O) groups is 3. The minimum atomic E-state index is -0.876. The highest BCUT2D eigenvalue weighted by Gasteiger charge is 2.23. The quantitative estimate of drug-likeness (QED) is 0.202. The van der Waals surface area contributed by atoms with Gasteiger partial charge >= 0.3 is 12.1 Å². The van der Waals surface area contributed by atoms with Crippen molar-refractivity contribution in [1.29, 1.82) is 0 Å². The monoisotopic (exact) mass is 424 g/mol. The highest BCUT2D eigenvalue weighted by atomic mass is 127. The number of hydrogen-bond donors (Lipinski definition) is 2. The molecule has 0 aliphatic carbocycles. The fraction of sp³-hybridized carbons (Fsp3) is 0.643. The largest absolute Gasteiger partial charge is 0.450 e. The van der Waals surface area contributed by atoms with Crippen LogP contribution in [0.5, 0.6) is 0 Å². The zero-order valence-electron chi connectivity index (χ0n) is 12.8. The first kappa shape index (κ1) is 20.5. The van der Waals surface area contributed by atoms with Crippen LogP contribution in [0.1, 0.15) is 33.6 Å². The molecule has 0 aliphatic rings. The predicted molar refractivity (Wildman–Crippen MR) is 89.2 cm³/mol. The Morgan fingerprint density at radius 3 is 2.41 bits per heavy atom. The van der Waals surface area contributed by atoms with Crippen LogP contribution in [0.3, 0.4) is 0 Å². The van der Waals surface area contributed by atoms with Crippen LogP contribution in [0.2, 0.25) is 0 Å². The minimum absolute atomic E-state index is 0.294. The Morgan fingerprint density at radius 1 is 1.23 bits per heavy atom. The van der Waals surface area contributed by atoms with E-state index in [1.165, 1.54) is 13.8 Å². The van der Waals surface area contributed by atoms with Crippen molar-refractivity contribution in [1.82, 2.24) is 10.6 Å². The summed E-state index contributed by atoms with van der Waals surface area (Å²) in [6, 6.07) is -1.72. The maximum atomic E-state index is 11.8. The van der Waals surface area contributed by atoms with Crippen molar-refractivity contribution in [3.63, 3.8) is 0 Å². The standard InChI is InChI=1S/C14H21IN2O5/c1-5-7-8-21-14(20)17-9(3)12(18)16-10(4)13(19)22-11(15)6-2/h2,9-11H,5,7-8H2,1,3-4H3,(H,16,18)(H,17,20)/t9-,10-,11?/m1/s1. The van der Waals surface area contributed by atoms with Crippen molar-refractivity contribution < 1.29 is 23.9 Å². The molecule has 124 valence electrons. The molecule has 7 nitrogen and oxygen atoms in total. The number of ether oxygens (including phenoxy) is 2. The van der Waals surface area contributed by atoms with Gasteiger partial charge in [0.2, 0.25) is 10.0 Å². The molecule has 0 radical (unpaired) electrons. The molecule has 1 unspecified atom stereocenters. The molecular weight excluding hydrogens is 403 g/mol. The SMILES string of the molecule is C#CC(I)OC(=O)[C@@H](C)NC(=O)[C@@H](C)NC(=O)OCCCC. The normalized spacial score (nSPS) is 14.0. The van der Waals surface area contributed by atoms with E-state index in [1.54, 1.807) is 22.6 Å². The lowest BCUT2D eigenvalue weighted by molar-refractivity contribution is -0.146. The Hall–Kier alpha value is -1.50. The van der Waals surface area contributed by atoms with Crippen LogP contribution in [0.15, 0.2) is 0 Å². The highest BCUT2D eigenvalue weighted by Crippen LogP contribution is 2.03. The summed E-state index contributed by atoms with van der Waals surface area (Å²) in [6.45, 7) is 5.21. The Bertz CT molecular complexity index is 435. The summed E-state index contributed by atoms with van der Waals surface area (Å²) in [6.07, 6.45) is 6.07. The predicted octanol–water partition coefficient (Wildman–Crippen LogP) is 1.34. The molecule has 8 heteroatoms. The summed E-state index contributed by atoms with van der Waals surface area (Å²) in [7, 11) is 0. The van der Waals surface area contributed by atoms with Gasteiger partial charge in [0.05, 0.1) is 6.61 Å². The number of carbonyl (C=O) groups excluding carboxylic acids is 3. The van der Waals surface area contributed by atoms with E-state index in [2.05, 4.69) is 16.6 Å². The van der Waals surface area contributed by atoms with Crippen molar-refractivity contribution in [2.45, 2.75) is 49.8 Å². The summed E-state index contributed by atoms with van der Waals surface area (Å²) in [5.41, 5.74) is 0. The van der Waals surface area contributed by atoms with Crippen LogP contribution in [0.25, 0.3) is 0 Å². The first-order chi connectivity index (χ1) is 10.3. The van der Waals surface area contributed by atoms with Gasteiger partial charge in [-0.15, -0.1) is 6.42 Å². The number of alkyl halides is 1. The molecule has 0 saturated heterocycles. The van der Waals surface area contributed by atoms with Crippen molar-refractivity contribution in [2.75, 3.05) is 6.61 Å². The van der Waals surface area contributed by atoms with Gasteiger partial charge in [-0.05, 0) is 42.9 Å². The molecule has 22 heavy (non-hydrogen) atoms. The number of rotatable bonds is 8. The van der Waals surface area contributed by atoms with Gasteiger partial charge in [-0.1, -0.05) is 19.3 Å². The van der Waals surface area contributed by atoms with Crippen molar-refractivity contribution in [2.24, 2.45) is 0 Å². The molecule has 0 rings (SSSR count). The van der Waals surface area contributed by atoms with E-state index < -0.39 is 34.2 Å². The maximum Gasteiger partial charge on any atom is 0.407 e. The number of esters is 1. The summed E-state index contributed by atoms with van der Waals surface area (Å²) < 4.78 is 9.05. The van der Waals surface area contributed by atoms with E-state index >= 15 is 0 Å². The van der Waals surface area contributed by atoms with Crippen LogP contribution in [-0.2, 0) is 19.1 Å². The third kappa shape index (κ3) is 8.71. The van der Waals surface area contributed by atoms with Crippen LogP contribution < -0.4 is 10.6 Å². The summed E-state index contributed by atoms with van der Waals surface area (Å²) in [5.74, 6) is 1.06. The molecule has 0 aliphatic heterocycles. The topological polar surface area (TPSA) is 93.7 Å². The van der Waals surface area contributed by atoms with Gasteiger partial charge in [0.15, 0.2) is 0 Å². The van der Waals surface area contributed by atoms with Crippen LogP contribution in [0.4, 0.5) is 4.79 Å². The number of unbranched alkanes of at least 4 members (excludes halogenated alkanes) is 1. The summed E-state index contributed by atoms with van der Waals surface area (Å²) in [4.78, 5) is 34.9. The molecule has 0 aromatic rings. The number of hydrogen-bond acceptors (Lipinski definition) is 5. The van der Waals surface area contributed by atoms with E-state index in [4.69, 9.17) is 15.9 Å². The molecule has 0 spiro atoms. The Labute approximate surface area is 144 Å². The van der Waals surface area contributed by atoms with E-state index in [9.17, 15) is 14.4 Å². The van der Waals surface area contributed by atoms with Crippen molar-refractivity contribution in [3.8, 4) is 12.3 Å². The number of terminal acetylenes is 1. The zero-order valence-corrected chi connectivity index (χ0v) is 15.0. The van der Waals surface area contributed by atoms with E-state index in [0.29, 0.717) is 6.61 Å². The molecule has 0 aromatic carbocycles. The molecule has 0 heterocycles. The molecule has 2 amide bonds. The summed E-state index contributed by atoms with van der Waals surface area (Å²) >= 11 is 1.77. The zero-order chi connectivity index (χ0) is 17.1. The van der Waals surface area contributed by atoms with E-state index in [-0.39, 0.29) is 0 Å². The maximum absolute atomic E-state index is 11.8. The number of nitrogens with one attached hydrogen (secondary N) is 2. The summed E-state index contributed by atoms with van der Waals surface area (Å²) in [5, 5.41) is 4.80. The molecule has 0 saturated carbocycles. The van der Waals surface area contributed by atoms with Gasteiger partial charge in [-0.2, -0.15) is 0 Å². The number of alkyl carbamates (subject to hydrolysis) is 1. The Balaban J connectivity index is 4.21. The lowest BCUT2D eigenvalue weighted by Gasteiger charge is -2.18. The van der Waals surface area contributed by atoms with Gasteiger partial charge in [-0.3, -0.25) is 4.79 Å². The third-order valence-corrected chi connectivity index (χ3v) is 3.14. The second-order valence-electron chi connectivity index (χ2n) is 4.51. The first-order valence-electron chi connectivity index (χ1n) is 6.86. The molecule has 2 N–H and O–H groups in total. The highest BCUT2D eigenvalue weighted by molar-refractivity contribution is 14.1. The van der Waals surface area contributed by atoms with Crippen molar-refractivity contribution in [3.05, 3.63) is 0 Å². The lowest BCUT2D eigenvalue weighted by Crippen LogP contribution is -2.50. The molecule has 0 bridgehead atoms. The number of amides is 2. The second-order valence-corrected chi connectivity index (χ2v) is 5.64. The fourth-order valence-electron chi connectivity index (χ4n) is 1.23. The number of halogens is 1. The third-order valence-electron chi connectivity index (χ3n) is 2.52. The smallest absolute Gasteiger partial charge is 0.407 e. The first-order valence-corrected chi connectivity index (χ1v) is 8.10. The Kier molecular flexibility index (Phi) is 10.4. The molecular formula is C14H21IN2O5. The Morgan fingerprint density at radius 2 is 1.86 bits per heavy atom. The van der Waals surface area contributed by atoms with Crippen molar-refractivity contribution >= 4 is 40.6 Å². The fourth-order valence-corrected chi connectivity index (χ4v) is 1.48. The van der Waals surface area contributed by atoms with Crippen LogP contribution in [0, 0.1) is 12.3 Å². The van der Waals surface area contributed by atoms with Crippen LogP contribution in [-0.4, -0.2) is 40.8 Å². The molecule has 0 fully saturated rings. The molecule has 0 aromatic heterocycles. The van der Waals surface area contributed by atoms with Gasteiger partial charge in [-0.25, -0.2) is 9.59 Å². The van der Waals surface area contributed by atoms with Gasteiger partial charge in [0.25, 0.3) is 0 Å². The van der Waals surface area contributed by atoms with Gasteiger partial charge in [0.1, 0.15) is 12.1 Å². The molecule has 3 atom stereocenters. The average Bonchev–Trinajstić information content (AvgIpc) is 2.46. The average molecular weight is 424 g/mol. The van der Waals surface area contributed by atoms with Gasteiger partial charge in [0, 0.05) is 0 Å².